The van der Waals surface area contributed by atoms with Gasteiger partial charge in [-0.1, -0.05) is 60.7 Å². The van der Waals surface area contributed by atoms with E-state index in [-0.39, 0.29) is 6.61 Å². The van der Waals surface area contributed by atoms with Gasteiger partial charge in [-0.05, 0) is 5.56 Å². The summed E-state index contributed by atoms with van der Waals surface area (Å²) in [6.45, 7) is 0.528. The van der Waals surface area contributed by atoms with Gasteiger partial charge >= 0.3 is 0 Å². The Morgan fingerprint density at radius 1 is 1.00 bits per heavy atom. The highest BCUT2D eigenvalue weighted by Crippen LogP contribution is 2.35. The molecule has 2 aliphatic heterocycles. The molecule has 138 valence electrons. The fraction of sp³-hybridized carbons (Fsp3) is 0.400. The van der Waals surface area contributed by atoms with Crippen LogP contribution in [0.25, 0.3) is 0 Å². The first-order valence-corrected chi connectivity index (χ1v) is 8.75. The van der Waals surface area contributed by atoms with Gasteiger partial charge in [0.2, 0.25) is 0 Å². The van der Waals surface area contributed by atoms with Crippen LogP contribution in [0.5, 0.6) is 0 Å². The van der Waals surface area contributed by atoms with Crippen molar-refractivity contribution in [2.75, 3.05) is 6.61 Å². The summed E-state index contributed by atoms with van der Waals surface area (Å²) in [6.07, 6.45) is -4.18. The van der Waals surface area contributed by atoms with Crippen molar-refractivity contribution in [2.24, 2.45) is 5.73 Å². The topological polar surface area (TPSA) is 62.9 Å². The molecule has 6 heteroatoms. The van der Waals surface area contributed by atoms with Gasteiger partial charge in [-0.15, -0.1) is 0 Å². The van der Waals surface area contributed by atoms with Crippen molar-refractivity contribution in [2.45, 2.75) is 43.6 Å². The Morgan fingerprint density at radius 2 is 1.69 bits per heavy atom. The average Bonchev–Trinajstić information content (AvgIpc) is 2.71. The zero-order valence-corrected chi connectivity index (χ0v) is 14.2. The maximum Gasteiger partial charge on any atom is 0.184 e. The third-order valence-corrected chi connectivity index (χ3v) is 4.69. The molecule has 2 aromatic carbocycles. The van der Waals surface area contributed by atoms with Gasteiger partial charge in [0.1, 0.15) is 18.4 Å². The first-order valence-electron chi connectivity index (χ1n) is 8.75. The molecule has 4 rings (SSSR count). The number of benzene rings is 2. The minimum atomic E-state index is -1.40. The highest BCUT2D eigenvalue weighted by atomic mass is 19.1. The van der Waals surface area contributed by atoms with Crippen molar-refractivity contribution in [3.8, 4) is 0 Å². The van der Waals surface area contributed by atoms with Crippen LogP contribution in [0.15, 0.2) is 60.7 Å². The maximum atomic E-state index is 14.9. The second kappa shape index (κ2) is 7.82. The van der Waals surface area contributed by atoms with Gasteiger partial charge in [-0.25, -0.2) is 4.39 Å². The summed E-state index contributed by atoms with van der Waals surface area (Å²) in [4.78, 5) is 0. The van der Waals surface area contributed by atoms with E-state index >= 15 is 0 Å². The van der Waals surface area contributed by atoms with Crippen LogP contribution in [-0.2, 0) is 25.6 Å². The molecular formula is C20H22FNO4. The molecule has 2 heterocycles. The zero-order valence-electron chi connectivity index (χ0n) is 14.2. The number of hydrogen-bond acceptors (Lipinski definition) is 5. The second-order valence-corrected chi connectivity index (χ2v) is 6.54. The van der Waals surface area contributed by atoms with E-state index in [0.29, 0.717) is 6.61 Å². The summed E-state index contributed by atoms with van der Waals surface area (Å²) in [5.74, 6) is 0. The van der Waals surface area contributed by atoms with Gasteiger partial charge in [-0.3, -0.25) is 0 Å². The van der Waals surface area contributed by atoms with Crippen LogP contribution in [0.4, 0.5) is 4.39 Å². The van der Waals surface area contributed by atoms with Gasteiger partial charge in [0, 0.05) is 5.56 Å². The molecule has 2 N–H and O–H groups in total. The molecule has 5 nitrogen and oxygen atoms in total. The Labute approximate surface area is 151 Å². The standard InChI is InChI=1S/C20H22FNO4/c21-16-17(22)20(23-11-13-7-3-1-4-8-13)25-15-12-24-19(26-18(15)16)14-9-5-2-6-10-14/h1-10,15-20H,11-12,22H2/t15-,16+,17-,18-,19?,20?/m1/s1. The van der Waals surface area contributed by atoms with Crippen molar-refractivity contribution >= 4 is 0 Å². The number of halogens is 1. The molecule has 0 spiro atoms. The quantitative estimate of drug-likeness (QED) is 0.909. The molecular weight excluding hydrogens is 337 g/mol. The lowest BCUT2D eigenvalue weighted by Gasteiger charge is -2.45. The monoisotopic (exact) mass is 359 g/mol. The molecule has 0 aliphatic carbocycles. The molecule has 6 atom stereocenters. The number of alkyl halides is 1. The predicted octanol–water partition coefficient (Wildman–Crippen LogP) is 2.71. The predicted molar refractivity (Wildman–Crippen MR) is 92.8 cm³/mol. The maximum absolute atomic E-state index is 14.9. The highest BCUT2D eigenvalue weighted by molar-refractivity contribution is 5.17. The van der Waals surface area contributed by atoms with Crippen LogP contribution in [-0.4, -0.2) is 37.3 Å². The Kier molecular flexibility index (Phi) is 5.28. The Bertz CT molecular complexity index is 699. The van der Waals surface area contributed by atoms with E-state index in [1.807, 2.05) is 60.7 Å². The Hall–Kier alpha value is -1.83. The molecule has 0 saturated carbocycles. The first kappa shape index (κ1) is 17.6. The van der Waals surface area contributed by atoms with Gasteiger partial charge in [0.15, 0.2) is 12.6 Å². The molecule has 2 fully saturated rings. The minimum Gasteiger partial charge on any atom is -0.346 e. The Balaban J connectivity index is 1.40. The fourth-order valence-electron chi connectivity index (χ4n) is 3.26. The Morgan fingerprint density at radius 3 is 2.42 bits per heavy atom. The SMILES string of the molecule is N[C@H]1C(OCc2ccccc2)O[C@@H]2COC(c3ccccc3)O[C@H]2[C@H]1F. The van der Waals surface area contributed by atoms with Crippen molar-refractivity contribution in [3.63, 3.8) is 0 Å². The third kappa shape index (κ3) is 3.65. The van der Waals surface area contributed by atoms with E-state index in [4.69, 9.17) is 24.7 Å². The summed E-state index contributed by atoms with van der Waals surface area (Å²) in [5, 5.41) is 0. The third-order valence-electron chi connectivity index (χ3n) is 4.69. The van der Waals surface area contributed by atoms with Crippen molar-refractivity contribution in [1.29, 1.82) is 0 Å². The molecule has 2 aliphatic rings. The van der Waals surface area contributed by atoms with Crippen LogP contribution in [0.3, 0.4) is 0 Å². The molecule has 0 radical (unpaired) electrons. The van der Waals surface area contributed by atoms with Crippen LogP contribution in [0, 0.1) is 0 Å². The lowest BCUT2D eigenvalue weighted by Crippen LogP contribution is -2.63. The molecule has 2 saturated heterocycles. The van der Waals surface area contributed by atoms with Crippen LogP contribution < -0.4 is 5.73 Å². The molecule has 0 amide bonds. The van der Waals surface area contributed by atoms with E-state index in [2.05, 4.69) is 0 Å². The molecule has 2 unspecified atom stereocenters. The van der Waals surface area contributed by atoms with E-state index < -0.39 is 37.0 Å². The van der Waals surface area contributed by atoms with Gasteiger partial charge in [-0.2, -0.15) is 0 Å². The summed E-state index contributed by atoms with van der Waals surface area (Å²) in [6, 6.07) is 18.1. The lowest BCUT2D eigenvalue weighted by molar-refractivity contribution is -0.336. The summed E-state index contributed by atoms with van der Waals surface area (Å²) in [5.41, 5.74) is 7.85. The summed E-state index contributed by atoms with van der Waals surface area (Å²) < 4.78 is 38.0. The lowest BCUT2D eigenvalue weighted by atomic mass is 9.97. The van der Waals surface area contributed by atoms with Gasteiger partial charge in [0.05, 0.1) is 19.3 Å². The van der Waals surface area contributed by atoms with Crippen molar-refractivity contribution in [1.82, 2.24) is 0 Å². The van der Waals surface area contributed by atoms with Crippen LogP contribution in [0.1, 0.15) is 17.4 Å². The molecule has 0 bridgehead atoms. The van der Waals surface area contributed by atoms with E-state index in [1.54, 1.807) is 0 Å². The smallest absolute Gasteiger partial charge is 0.184 e. The summed E-state index contributed by atoms with van der Waals surface area (Å²) >= 11 is 0. The van der Waals surface area contributed by atoms with E-state index in [9.17, 15) is 4.39 Å². The van der Waals surface area contributed by atoms with Crippen LogP contribution >= 0.6 is 0 Å². The largest absolute Gasteiger partial charge is 0.346 e. The fourth-order valence-corrected chi connectivity index (χ4v) is 3.26. The first-order chi connectivity index (χ1) is 12.7. The van der Waals surface area contributed by atoms with Crippen molar-refractivity contribution in [3.05, 3.63) is 71.8 Å². The molecule has 2 aromatic rings. The minimum absolute atomic E-state index is 0.225. The van der Waals surface area contributed by atoms with Crippen LogP contribution in [0.2, 0.25) is 0 Å². The number of nitrogens with two attached hydrogens (primary N) is 1. The highest BCUT2D eigenvalue weighted by Gasteiger charge is 2.49. The second-order valence-electron chi connectivity index (χ2n) is 6.54. The number of fused-ring (bicyclic) bond motifs is 1. The average molecular weight is 359 g/mol. The number of ether oxygens (including phenoxy) is 4. The van der Waals surface area contributed by atoms with Gasteiger partial charge in [0.25, 0.3) is 0 Å². The zero-order chi connectivity index (χ0) is 17.9. The molecule has 26 heavy (non-hydrogen) atoms. The van der Waals surface area contributed by atoms with E-state index in [0.717, 1.165) is 11.1 Å². The van der Waals surface area contributed by atoms with Crippen molar-refractivity contribution < 1.29 is 23.3 Å². The van der Waals surface area contributed by atoms with E-state index in [1.165, 1.54) is 0 Å². The number of rotatable bonds is 4. The summed E-state index contributed by atoms with van der Waals surface area (Å²) in [7, 11) is 0. The molecule has 0 aromatic heterocycles. The normalized spacial score (nSPS) is 34.2. The van der Waals surface area contributed by atoms with Gasteiger partial charge < -0.3 is 24.7 Å². The number of hydrogen-bond donors (Lipinski definition) is 1.